The van der Waals surface area contributed by atoms with Crippen molar-refractivity contribution >= 4 is 11.8 Å². The maximum Gasteiger partial charge on any atom is 0.270 e. The number of amides is 2. The van der Waals surface area contributed by atoms with Crippen LogP contribution in [0.25, 0.3) is 0 Å². The number of aromatic nitrogens is 3. The summed E-state index contributed by atoms with van der Waals surface area (Å²) < 4.78 is 0. The van der Waals surface area contributed by atoms with Gasteiger partial charge in [0.1, 0.15) is 17.1 Å². The van der Waals surface area contributed by atoms with Crippen LogP contribution in [0.5, 0.6) is 0 Å². The second-order valence-electron chi connectivity index (χ2n) is 7.51. The topological polar surface area (TPSA) is 131 Å². The average Bonchev–Trinajstić information content (AvgIpc) is 3.22. The van der Waals surface area contributed by atoms with E-state index in [0.29, 0.717) is 24.5 Å². The number of fused-ring (bicyclic) bond motifs is 1. The zero-order chi connectivity index (χ0) is 19.7. The molecule has 8 nitrogen and oxygen atoms in total. The first-order valence-electron chi connectivity index (χ1n) is 9.72. The number of H-pyrrole nitrogens is 1. The third kappa shape index (κ3) is 3.54. The Labute approximate surface area is 162 Å². The molecule has 2 aliphatic carbocycles. The lowest BCUT2D eigenvalue weighted by atomic mass is 9.90. The number of rotatable bonds is 4. The van der Waals surface area contributed by atoms with E-state index in [1.54, 1.807) is 12.3 Å². The smallest absolute Gasteiger partial charge is 0.270 e. The Morgan fingerprint density at radius 3 is 2.71 bits per heavy atom. The number of pyridine rings is 1. The number of primary amides is 1. The van der Waals surface area contributed by atoms with Gasteiger partial charge in [-0.3, -0.25) is 14.4 Å². The number of nitrogens with zero attached hydrogens (tertiary/aromatic N) is 2. The van der Waals surface area contributed by atoms with Crippen LogP contribution in [0.2, 0.25) is 0 Å². The van der Waals surface area contributed by atoms with E-state index >= 15 is 0 Å². The molecule has 2 aromatic heterocycles. The largest absolute Gasteiger partial charge is 0.365 e. The molecule has 8 heteroatoms. The van der Waals surface area contributed by atoms with Crippen LogP contribution >= 0.6 is 0 Å². The van der Waals surface area contributed by atoms with Crippen molar-refractivity contribution in [2.75, 3.05) is 0 Å². The predicted molar refractivity (Wildman–Crippen MR) is 102 cm³/mol. The van der Waals surface area contributed by atoms with Gasteiger partial charge in [-0.15, -0.1) is 0 Å². The molecule has 2 amide bonds. The van der Waals surface area contributed by atoms with E-state index in [1.165, 1.54) is 18.9 Å². The van der Waals surface area contributed by atoms with E-state index in [1.807, 2.05) is 0 Å². The highest BCUT2D eigenvalue weighted by Crippen LogP contribution is 2.32. The Kier molecular flexibility index (Phi) is 4.93. The molecule has 2 heterocycles. The molecule has 2 aromatic rings. The number of aromatic amines is 1. The Hall–Kier alpha value is -3.03. The summed E-state index contributed by atoms with van der Waals surface area (Å²) in [5.74, 6) is -0.0103. The van der Waals surface area contributed by atoms with Crippen molar-refractivity contribution in [1.82, 2.24) is 20.3 Å². The average molecular weight is 381 g/mol. The van der Waals surface area contributed by atoms with Crippen LogP contribution in [-0.4, -0.2) is 26.8 Å². The number of hydrogen-bond donors (Lipinski definition) is 3. The van der Waals surface area contributed by atoms with Crippen LogP contribution in [0.1, 0.15) is 88.4 Å². The Morgan fingerprint density at radius 1 is 1.18 bits per heavy atom. The van der Waals surface area contributed by atoms with Gasteiger partial charge in [-0.2, -0.15) is 0 Å². The molecule has 0 bridgehead atoms. The van der Waals surface area contributed by atoms with E-state index < -0.39 is 11.5 Å². The fourth-order valence-corrected chi connectivity index (χ4v) is 4.19. The molecule has 1 atom stereocenters. The summed E-state index contributed by atoms with van der Waals surface area (Å²) in [5, 5.41) is 2.99. The summed E-state index contributed by atoms with van der Waals surface area (Å²) in [5.41, 5.74) is 6.52. The van der Waals surface area contributed by atoms with Gasteiger partial charge >= 0.3 is 0 Å². The predicted octanol–water partition coefficient (Wildman–Crippen LogP) is 1.73. The number of aryl methyl sites for hydroxylation is 1. The number of hydrogen-bond acceptors (Lipinski definition) is 5. The van der Waals surface area contributed by atoms with Crippen LogP contribution in [0.3, 0.4) is 0 Å². The molecule has 2 aliphatic rings. The fraction of sp³-hybridized carbons (Fsp3) is 0.450. The first kappa shape index (κ1) is 18.3. The molecule has 0 spiro atoms. The van der Waals surface area contributed by atoms with E-state index in [9.17, 15) is 14.4 Å². The first-order chi connectivity index (χ1) is 13.5. The Morgan fingerprint density at radius 2 is 1.96 bits per heavy atom. The zero-order valence-corrected chi connectivity index (χ0v) is 15.5. The molecule has 0 aromatic carbocycles. The SMILES string of the molecule is NC(=O)c1cc2c([nH]c1=O)CCC[C@H]2NC(=O)c1ccnc(C2CCCC2)n1. The van der Waals surface area contributed by atoms with Gasteiger partial charge in [-0.1, -0.05) is 12.8 Å². The van der Waals surface area contributed by atoms with Crippen molar-refractivity contribution in [3.05, 3.63) is 57.0 Å². The minimum absolute atomic E-state index is 0.0922. The summed E-state index contributed by atoms with van der Waals surface area (Å²) in [6.07, 6.45) is 8.31. The number of carbonyl (C=O) groups excluding carboxylic acids is 2. The molecule has 1 fully saturated rings. The van der Waals surface area contributed by atoms with Gasteiger partial charge in [-0.05, 0) is 49.8 Å². The second kappa shape index (κ2) is 7.53. The standard InChI is InChI=1S/C20H23N5O3/c21-17(26)13-10-12-14(24-19(13)27)6-3-7-15(12)25-20(28)16-8-9-22-18(23-16)11-4-1-2-5-11/h8-11,15H,1-7H2,(H2,21,26)(H,24,27)(H,25,28)/t15-/m1/s1. The first-order valence-corrected chi connectivity index (χ1v) is 9.72. The van der Waals surface area contributed by atoms with Crippen molar-refractivity contribution in [3.8, 4) is 0 Å². The van der Waals surface area contributed by atoms with Crippen molar-refractivity contribution < 1.29 is 9.59 Å². The lowest BCUT2D eigenvalue weighted by Gasteiger charge is -2.26. The lowest BCUT2D eigenvalue weighted by molar-refractivity contribution is 0.0926. The molecule has 0 radical (unpaired) electrons. The third-order valence-electron chi connectivity index (χ3n) is 5.65. The molecular formula is C20H23N5O3. The van der Waals surface area contributed by atoms with Crippen molar-refractivity contribution in [3.63, 3.8) is 0 Å². The van der Waals surface area contributed by atoms with Gasteiger partial charge in [0.05, 0.1) is 6.04 Å². The summed E-state index contributed by atoms with van der Waals surface area (Å²) >= 11 is 0. The van der Waals surface area contributed by atoms with Crippen LogP contribution in [0, 0.1) is 0 Å². The van der Waals surface area contributed by atoms with Gasteiger partial charge in [0.2, 0.25) is 0 Å². The molecule has 4 N–H and O–H groups in total. The molecule has 0 saturated heterocycles. The monoisotopic (exact) mass is 381 g/mol. The van der Waals surface area contributed by atoms with E-state index in [-0.39, 0.29) is 17.5 Å². The lowest BCUT2D eigenvalue weighted by Crippen LogP contribution is -2.34. The molecule has 0 unspecified atom stereocenters. The molecular weight excluding hydrogens is 358 g/mol. The van der Waals surface area contributed by atoms with Crippen LogP contribution < -0.4 is 16.6 Å². The minimum Gasteiger partial charge on any atom is -0.365 e. The van der Waals surface area contributed by atoms with Crippen LogP contribution in [-0.2, 0) is 6.42 Å². The maximum atomic E-state index is 12.8. The summed E-state index contributed by atoms with van der Waals surface area (Å²) in [6, 6.07) is 2.81. The quantitative estimate of drug-likeness (QED) is 0.742. The summed E-state index contributed by atoms with van der Waals surface area (Å²) in [4.78, 5) is 47.9. The molecule has 1 saturated carbocycles. The third-order valence-corrected chi connectivity index (χ3v) is 5.65. The molecule has 28 heavy (non-hydrogen) atoms. The number of carbonyl (C=O) groups is 2. The second-order valence-corrected chi connectivity index (χ2v) is 7.51. The van der Waals surface area contributed by atoms with Crippen molar-refractivity contribution in [2.45, 2.75) is 56.9 Å². The molecule has 146 valence electrons. The highest BCUT2D eigenvalue weighted by molar-refractivity contribution is 5.93. The summed E-state index contributed by atoms with van der Waals surface area (Å²) in [6.45, 7) is 0. The number of nitrogens with one attached hydrogen (secondary N) is 2. The molecule has 0 aliphatic heterocycles. The van der Waals surface area contributed by atoms with Gasteiger partial charge in [-0.25, -0.2) is 9.97 Å². The van der Waals surface area contributed by atoms with E-state index in [4.69, 9.17) is 5.73 Å². The van der Waals surface area contributed by atoms with Crippen LogP contribution in [0.15, 0.2) is 23.1 Å². The zero-order valence-electron chi connectivity index (χ0n) is 15.5. The van der Waals surface area contributed by atoms with E-state index in [2.05, 4.69) is 20.3 Å². The number of nitrogens with two attached hydrogens (primary N) is 1. The highest BCUT2D eigenvalue weighted by atomic mass is 16.2. The van der Waals surface area contributed by atoms with Crippen molar-refractivity contribution in [1.29, 1.82) is 0 Å². The van der Waals surface area contributed by atoms with Gasteiger partial charge in [0, 0.05) is 17.8 Å². The summed E-state index contributed by atoms with van der Waals surface area (Å²) in [7, 11) is 0. The maximum absolute atomic E-state index is 12.8. The Bertz CT molecular complexity index is 978. The normalized spacial score (nSPS) is 19.2. The Balaban J connectivity index is 1.58. The van der Waals surface area contributed by atoms with Gasteiger partial charge in [0.25, 0.3) is 17.4 Å². The minimum atomic E-state index is -0.781. The highest BCUT2D eigenvalue weighted by Gasteiger charge is 2.26. The van der Waals surface area contributed by atoms with E-state index in [0.717, 1.165) is 36.3 Å². The molecule has 4 rings (SSSR count). The fourth-order valence-electron chi connectivity index (χ4n) is 4.19. The van der Waals surface area contributed by atoms with Gasteiger partial charge in [0.15, 0.2) is 0 Å². The van der Waals surface area contributed by atoms with Crippen LogP contribution in [0.4, 0.5) is 0 Å². The van der Waals surface area contributed by atoms with Crippen molar-refractivity contribution in [2.24, 2.45) is 5.73 Å². The van der Waals surface area contributed by atoms with Gasteiger partial charge < -0.3 is 16.0 Å².